The maximum Gasteiger partial charge on any atom is 0.187 e. The van der Waals surface area contributed by atoms with E-state index < -0.39 is 0 Å². The molecule has 0 aliphatic carbocycles. The first-order valence-corrected chi connectivity index (χ1v) is 7.81. The zero-order valence-corrected chi connectivity index (χ0v) is 14.8. The third-order valence-electron chi connectivity index (χ3n) is 4.12. The number of rotatable bonds is 3. The predicted molar refractivity (Wildman–Crippen MR) is 102 cm³/mol. The number of aliphatic hydroxyl groups excluding tert-OH is 1. The van der Waals surface area contributed by atoms with Gasteiger partial charge in [0.2, 0.25) is 0 Å². The Kier molecular flexibility index (Phi) is 4.81. The maximum absolute atomic E-state index is 10.4. The molecule has 1 aromatic heterocycles. The average molecular weight is 373 g/mol. The van der Waals surface area contributed by atoms with Crippen LogP contribution in [0.25, 0.3) is 5.76 Å². The Morgan fingerprint density at radius 3 is 2.88 bits per heavy atom. The Labute approximate surface area is 156 Å². The molecular weight excluding hydrogens is 356 g/mol. The van der Waals surface area contributed by atoms with Crippen LogP contribution >= 0.6 is 12.4 Å². The number of nitrogens with zero attached hydrogens (tertiary/aromatic N) is 4. The van der Waals surface area contributed by atoms with Crippen molar-refractivity contribution in [3.63, 3.8) is 0 Å². The topological polar surface area (TPSA) is 90.5 Å². The summed E-state index contributed by atoms with van der Waals surface area (Å²) in [6.07, 6.45) is 4.79. The maximum atomic E-state index is 10.4. The SMILES string of the molecule is COc1c(O)ccc2c1N=C(C=C(O)c1cccnc1)N1CCN=C21.Cl. The van der Waals surface area contributed by atoms with Crippen molar-refractivity contribution in [1.29, 1.82) is 0 Å². The van der Waals surface area contributed by atoms with Crippen LogP contribution in [0.5, 0.6) is 11.5 Å². The number of hydrogen-bond acceptors (Lipinski definition) is 7. The van der Waals surface area contributed by atoms with E-state index in [4.69, 9.17) is 4.74 Å². The fourth-order valence-corrected chi connectivity index (χ4v) is 2.96. The highest BCUT2D eigenvalue weighted by Gasteiger charge is 2.31. The van der Waals surface area contributed by atoms with Gasteiger partial charge in [-0.1, -0.05) is 0 Å². The van der Waals surface area contributed by atoms with E-state index in [1.165, 1.54) is 7.11 Å². The molecular formula is C18H17ClN4O3. The molecule has 0 saturated heterocycles. The zero-order valence-electron chi connectivity index (χ0n) is 14.0. The lowest BCUT2D eigenvalue weighted by molar-refractivity contribution is 0.374. The van der Waals surface area contributed by atoms with E-state index in [1.54, 1.807) is 42.7 Å². The first-order valence-electron chi connectivity index (χ1n) is 7.81. The summed E-state index contributed by atoms with van der Waals surface area (Å²) in [5.41, 5.74) is 1.89. The molecule has 0 spiro atoms. The Morgan fingerprint density at radius 1 is 1.31 bits per heavy atom. The summed E-state index contributed by atoms with van der Waals surface area (Å²) in [6, 6.07) is 6.86. The molecule has 4 rings (SSSR count). The van der Waals surface area contributed by atoms with Crippen molar-refractivity contribution in [2.75, 3.05) is 20.2 Å². The molecule has 7 nitrogen and oxygen atoms in total. The molecule has 1 aromatic carbocycles. The summed E-state index contributed by atoms with van der Waals surface area (Å²) in [6.45, 7) is 1.31. The number of aliphatic hydroxyl groups is 1. The Bertz CT molecular complexity index is 926. The summed E-state index contributed by atoms with van der Waals surface area (Å²) < 4.78 is 5.31. The molecule has 0 fully saturated rings. The minimum atomic E-state index is 0. The van der Waals surface area contributed by atoms with Crippen LogP contribution in [0.4, 0.5) is 5.69 Å². The third-order valence-corrected chi connectivity index (χ3v) is 4.12. The van der Waals surface area contributed by atoms with Crippen molar-refractivity contribution in [3.05, 3.63) is 53.9 Å². The van der Waals surface area contributed by atoms with Crippen LogP contribution in [-0.2, 0) is 0 Å². The summed E-state index contributed by atoms with van der Waals surface area (Å²) in [5.74, 6) is 1.65. The van der Waals surface area contributed by atoms with Gasteiger partial charge in [0, 0.05) is 36.1 Å². The minimum Gasteiger partial charge on any atom is -0.507 e. The number of aliphatic imine (C=N–C) groups is 2. The van der Waals surface area contributed by atoms with Gasteiger partial charge in [0.1, 0.15) is 23.1 Å². The van der Waals surface area contributed by atoms with Crippen LogP contribution in [0.3, 0.4) is 0 Å². The molecule has 0 atom stereocenters. The van der Waals surface area contributed by atoms with E-state index in [0.29, 0.717) is 35.9 Å². The number of halogens is 1. The summed E-state index contributed by atoms with van der Waals surface area (Å²) in [4.78, 5) is 15.1. The molecule has 134 valence electrons. The van der Waals surface area contributed by atoms with Gasteiger partial charge >= 0.3 is 0 Å². The summed E-state index contributed by atoms with van der Waals surface area (Å²) >= 11 is 0. The normalized spacial score (nSPS) is 15.4. The summed E-state index contributed by atoms with van der Waals surface area (Å²) in [5, 5.41) is 20.4. The molecule has 2 aromatic rings. The second-order valence-electron chi connectivity index (χ2n) is 5.61. The van der Waals surface area contributed by atoms with Crippen molar-refractivity contribution in [1.82, 2.24) is 9.88 Å². The molecule has 8 heteroatoms. The lowest BCUT2D eigenvalue weighted by Crippen LogP contribution is -2.36. The van der Waals surface area contributed by atoms with E-state index in [0.717, 1.165) is 11.4 Å². The van der Waals surface area contributed by atoms with Crippen molar-refractivity contribution in [3.8, 4) is 11.5 Å². The number of phenolic OH excluding ortho intramolecular Hbond substituents is 1. The average Bonchev–Trinajstić information content (AvgIpc) is 3.12. The highest BCUT2D eigenvalue weighted by atomic mass is 35.5. The molecule has 2 aliphatic heterocycles. The third kappa shape index (κ3) is 2.86. The lowest BCUT2D eigenvalue weighted by atomic mass is 10.1. The molecule has 26 heavy (non-hydrogen) atoms. The van der Waals surface area contributed by atoms with Gasteiger partial charge < -0.3 is 19.8 Å². The second-order valence-corrected chi connectivity index (χ2v) is 5.61. The summed E-state index contributed by atoms with van der Waals surface area (Å²) in [7, 11) is 1.48. The fourth-order valence-electron chi connectivity index (χ4n) is 2.96. The van der Waals surface area contributed by atoms with E-state index in [1.807, 2.05) is 4.90 Å². The van der Waals surface area contributed by atoms with Gasteiger partial charge in [-0.25, -0.2) is 4.99 Å². The standard InChI is InChI=1S/C18H16N4O3.ClH/c1-25-17-13(23)5-4-12-16(17)21-15(22-8-7-20-18(12)22)9-14(24)11-3-2-6-19-10-11;/h2-6,9-10,23-24H,7-8H2,1H3;1H. The van der Waals surface area contributed by atoms with Gasteiger partial charge in [0.05, 0.1) is 13.7 Å². The Balaban J connectivity index is 0.00000196. The first-order chi connectivity index (χ1) is 12.2. The first kappa shape index (κ1) is 17.8. The van der Waals surface area contributed by atoms with Crippen molar-refractivity contribution in [2.24, 2.45) is 9.98 Å². The van der Waals surface area contributed by atoms with Crippen LogP contribution < -0.4 is 4.74 Å². The van der Waals surface area contributed by atoms with E-state index in [9.17, 15) is 10.2 Å². The van der Waals surface area contributed by atoms with Crippen LogP contribution in [0.1, 0.15) is 11.1 Å². The fraction of sp³-hybridized carbons (Fsp3) is 0.167. The number of aromatic nitrogens is 1. The number of amidine groups is 2. The minimum absolute atomic E-state index is 0. The smallest absolute Gasteiger partial charge is 0.187 e. The number of pyridine rings is 1. The Hall–Kier alpha value is -3.06. The quantitative estimate of drug-likeness (QED) is 0.808. The van der Waals surface area contributed by atoms with Gasteiger partial charge in [-0.3, -0.25) is 9.98 Å². The molecule has 2 N–H and O–H groups in total. The molecule has 2 aliphatic rings. The molecule has 0 bridgehead atoms. The van der Waals surface area contributed by atoms with Crippen LogP contribution in [0.2, 0.25) is 0 Å². The van der Waals surface area contributed by atoms with Crippen LogP contribution in [0, 0.1) is 0 Å². The molecule has 0 amide bonds. The predicted octanol–water partition coefficient (Wildman–Crippen LogP) is 2.92. The highest BCUT2D eigenvalue weighted by Crippen LogP contribution is 2.42. The second kappa shape index (κ2) is 7.05. The number of aromatic hydroxyl groups is 1. The van der Waals surface area contributed by atoms with E-state index in [-0.39, 0.29) is 23.9 Å². The van der Waals surface area contributed by atoms with E-state index >= 15 is 0 Å². The van der Waals surface area contributed by atoms with Crippen LogP contribution in [0.15, 0.2) is 52.7 Å². The number of fused-ring (bicyclic) bond motifs is 3. The van der Waals surface area contributed by atoms with Gasteiger partial charge in [-0.05, 0) is 24.3 Å². The van der Waals surface area contributed by atoms with Crippen LogP contribution in [-0.4, -0.2) is 52.0 Å². The van der Waals surface area contributed by atoms with Gasteiger partial charge in [-0.2, -0.15) is 0 Å². The van der Waals surface area contributed by atoms with Gasteiger partial charge in [0.15, 0.2) is 11.5 Å². The van der Waals surface area contributed by atoms with Gasteiger partial charge in [-0.15, -0.1) is 12.4 Å². The molecule has 0 unspecified atom stereocenters. The largest absolute Gasteiger partial charge is 0.507 e. The number of methoxy groups -OCH3 is 1. The molecule has 0 saturated carbocycles. The van der Waals surface area contributed by atoms with E-state index in [2.05, 4.69) is 15.0 Å². The zero-order chi connectivity index (χ0) is 17.4. The number of phenols is 1. The number of benzene rings is 1. The molecule has 0 radical (unpaired) electrons. The monoisotopic (exact) mass is 372 g/mol. The lowest BCUT2D eigenvalue weighted by Gasteiger charge is -2.27. The molecule has 3 heterocycles. The van der Waals surface area contributed by atoms with Crippen molar-refractivity contribution >= 4 is 35.5 Å². The van der Waals surface area contributed by atoms with Crippen molar-refractivity contribution in [2.45, 2.75) is 0 Å². The van der Waals surface area contributed by atoms with Gasteiger partial charge in [0.25, 0.3) is 0 Å². The Morgan fingerprint density at radius 2 is 2.15 bits per heavy atom. The number of hydrogen-bond donors (Lipinski definition) is 2. The van der Waals surface area contributed by atoms with Crippen molar-refractivity contribution < 1.29 is 14.9 Å². The number of ether oxygens (including phenoxy) is 1. The highest BCUT2D eigenvalue weighted by molar-refractivity contribution is 6.20.